The van der Waals surface area contributed by atoms with Crippen LogP contribution in [0.5, 0.6) is 0 Å². The topological polar surface area (TPSA) is 60.4 Å². The zero-order chi connectivity index (χ0) is 14.8. The lowest BCUT2D eigenvalue weighted by molar-refractivity contribution is 0.0464. The van der Waals surface area contributed by atoms with Crippen LogP contribution in [-0.2, 0) is 13.8 Å². The Morgan fingerprint density at radius 1 is 1.35 bits per heavy atom. The Labute approximate surface area is 131 Å². The van der Waals surface area contributed by atoms with E-state index in [0.717, 1.165) is 6.42 Å². The molecular weight excluding hydrogens is 368 g/mol. The van der Waals surface area contributed by atoms with E-state index in [9.17, 15) is 13.2 Å². The fourth-order valence-corrected chi connectivity index (χ4v) is 3.45. The van der Waals surface area contributed by atoms with Gasteiger partial charge in [0.15, 0.2) is 0 Å². The number of benzene rings is 1. The Bertz CT molecular complexity index is 611. The van der Waals surface area contributed by atoms with Crippen LogP contribution >= 0.6 is 26.6 Å². The molecule has 0 N–H and O–H groups in total. The van der Waals surface area contributed by atoms with Crippen LogP contribution in [0.1, 0.15) is 36.0 Å². The minimum Gasteiger partial charge on any atom is -0.462 e. The van der Waals surface area contributed by atoms with Gasteiger partial charge in [-0.05, 0) is 30.5 Å². The van der Waals surface area contributed by atoms with Gasteiger partial charge in [0, 0.05) is 15.2 Å². The van der Waals surface area contributed by atoms with E-state index in [1.807, 2.05) is 0 Å². The van der Waals surface area contributed by atoms with E-state index >= 15 is 0 Å². The monoisotopic (exact) mass is 380 g/mol. The van der Waals surface area contributed by atoms with E-state index in [1.165, 1.54) is 37.5 Å². The van der Waals surface area contributed by atoms with E-state index in [-0.39, 0.29) is 10.5 Å². The molecule has 7 heteroatoms. The Morgan fingerprint density at radius 2 is 2.05 bits per heavy atom. The molecule has 20 heavy (non-hydrogen) atoms. The summed E-state index contributed by atoms with van der Waals surface area (Å²) in [7, 11) is 1.40. The first-order valence-corrected chi connectivity index (χ1v) is 9.39. The minimum absolute atomic E-state index is 0.125. The van der Waals surface area contributed by atoms with Gasteiger partial charge in [-0.1, -0.05) is 35.2 Å². The quantitative estimate of drug-likeness (QED) is 0.576. The molecule has 4 nitrogen and oxygen atoms in total. The lowest BCUT2D eigenvalue weighted by atomic mass is 9.83. The molecule has 0 saturated heterocycles. The zero-order valence-corrected chi connectivity index (χ0v) is 13.8. The predicted molar refractivity (Wildman–Crippen MR) is 79.4 cm³/mol. The van der Waals surface area contributed by atoms with Gasteiger partial charge in [0.05, 0.1) is 17.1 Å². The molecule has 0 amide bonds. The van der Waals surface area contributed by atoms with Gasteiger partial charge in [-0.3, -0.25) is 0 Å². The number of hydrogen-bond acceptors (Lipinski definition) is 4. The van der Waals surface area contributed by atoms with Crippen LogP contribution in [0.3, 0.4) is 0 Å². The molecular formula is C13H14BrClO4S. The molecule has 110 valence electrons. The molecule has 0 radical (unpaired) electrons. The largest absolute Gasteiger partial charge is 0.462 e. The minimum atomic E-state index is -3.88. The highest BCUT2D eigenvalue weighted by atomic mass is 79.9. The second-order valence-corrected chi connectivity index (χ2v) is 8.32. The molecule has 0 aliphatic heterocycles. The van der Waals surface area contributed by atoms with Crippen LogP contribution in [0.2, 0.25) is 0 Å². The van der Waals surface area contributed by atoms with Gasteiger partial charge in [-0.2, -0.15) is 0 Å². The zero-order valence-electron chi connectivity index (χ0n) is 10.6. The summed E-state index contributed by atoms with van der Waals surface area (Å²) in [5, 5.41) is 0. The number of ether oxygens (including phenoxy) is 1. The van der Waals surface area contributed by atoms with Crippen molar-refractivity contribution in [1.29, 1.82) is 0 Å². The smallest absolute Gasteiger partial charge is 0.338 e. The van der Waals surface area contributed by atoms with Crippen LogP contribution in [0.4, 0.5) is 0 Å². The predicted octanol–water partition coefficient (Wildman–Crippen LogP) is 3.72. The summed E-state index contributed by atoms with van der Waals surface area (Å²) in [6.07, 6.45) is 4.51. The van der Waals surface area contributed by atoms with Crippen molar-refractivity contribution in [2.24, 2.45) is 5.92 Å². The maximum absolute atomic E-state index is 11.9. The summed E-state index contributed by atoms with van der Waals surface area (Å²) >= 11 is 3.15. The fourth-order valence-electron chi connectivity index (χ4n) is 2.00. The lowest BCUT2D eigenvalue weighted by Crippen LogP contribution is -2.15. The van der Waals surface area contributed by atoms with Crippen molar-refractivity contribution in [2.75, 3.05) is 6.61 Å². The van der Waals surface area contributed by atoms with Crippen molar-refractivity contribution in [2.45, 2.75) is 30.6 Å². The maximum atomic E-state index is 11.9. The Kier molecular flexibility index (Phi) is 5.09. The molecule has 0 aromatic heterocycles. The van der Waals surface area contributed by atoms with Crippen molar-refractivity contribution < 1.29 is 17.9 Å². The number of carbonyl (C=O) groups is 1. The van der Waals surface area contributed by atoms with Crippen molar-refractivity contribution in [1.82, 2.24) is 0 Å². The summed E-state index contributed by atoms with van der Waals surface area (Å²) in [5.41, 5.74) is 0.173. The molecule has 1 fully saturated rings. The van der Waals surface area contributed by atoms with Gasteiger partial charge in [0.2, 0.25) is 0 Å². The van der Waals surface area contributed by atoms with Gasteiger partial charge in [0.1, 0.15) is 0 Å². The van der Waals surface area contributed by atoms with Crippen molar-refractivity contribution in [3.05, 3.63) is 28.2 Å². The van der Waals surface area contributed by atoms with E-state index in [0.29, 0.717) is 17.0 Å². The highest BCUT2D eigenvalue weighted by Crippen LogP contribution is 2.29. The van der Waals surface area contributed by atoms with Gasteiger partial charge in [-0.25, -0.2) is 13.2 Å². The molecule has 1 aliphatic rings. The molecule has 0 atom stereocenters. The van der Waals surface area contributed by atoms with Crippen molar-refractivity contribution in [3.8, 4) is 0 Å². The first-order chi connectivity index (χ1) is 9.36. The van der Waals surface area contributed by atoms with E-state index in [1.54, 1.807) is 0 Å². The molecule has 1 aromatic carbocycles. The molecule has 0 bridgehead atoms. The highest BCUT2D eigenvalue weighted by Gasteiger charge is 2.19. The van der Waals surface area contributed by atoms with Crippen molar-refractivity contribution >= 4 is 41.6 Å². The third-order valence-electron chi connectivity index (χ3n) is 3.37. The van der Waals surface area contributed by atoms with E-state index in [2.05, 4.69) is 15.9 Å². The maximum Gasteiger partial charge on any atom is 0.338 e. The summed E-state index contributed by atoms with van der Waals surface area (Å²) < 4.78 is 28.2. The second-order valence-electron chi connectivity index (χ2n) is 4.83. The number of rotatable bonds is 5. The Balaban J connectivity index is 2.03. The van der Waals surface area contributed by atoms with Crippen LogP contribution in [0.15, 0.2) is 27.6 Å². The average Bonchev–Trinajstić information content (AvgIpc) is 2.30. The number of esters is 1. The highest BCUT2D eigenvalue weighted by molar-refractivity contribution is 9.10. The number of halogens is 2. The lowest BCUT2D eigenvalue weighted by Gasteiger charge is -2.24. The molecule has 0 unspecified atom stereocenters. The number of carbonyl (C=O) groups excluding carboxylic acids is 1. The first kappa shape index (κ1) is 15.8. The summed E-state index contributed by atoms with van der Waals surface area (Å²) in [4.78, 5) is 11.8. The summed E-state index contributed by atoms with van der Waals surface area (Å²) in [5.74, 6) is 0.122. The summed E-state index contributed by atoms with van der Waals surface area (Å²) in [6.45, 7) is 0.360. The molecule has 1 aliphatic carbocycles. The average molecular weight is 382 g/mol. The SMILES string of the molecule is O=C(OCCC1CCC1)c1cc(Br)cc(S(=O)(=O)Cl)c1. The van der Waals surface area contributed by atoms with Gasteiger partial charge in [-0.15, -0.1) is 0 Å². The fraction of sp³-hybridized carbons (Fsp3) is 0.462. The Hall–Kier alpha value is -0.590. The van der Waals surface area contributed by atoms with Crippen LogP contribution in [0, 0.1) is 5.92 Å². The standard InChI is InChI=1S/C13H14BrClO4S/c14-11-6-10(7-12(8-11)20(15,17)18)13(16)19-5-4-9-2-1-3-9/h6-9H,1-5H2. The van der Waals surface area contributed by atoms with Gasteiger partial charge < -0.3 is 4.74 Å². The van der Waals surface area contributed by atoms with E-state index < -0.39 is 15.0 Å². The molecule has 1 aromatic rings. The third kappa shape index (κ3) is 4.20. The molecule has 0 spiro atoms. The first-order valence-electron chi connectivity index (χ1n) is 6.28. The van der Waals surface area contributed by atoms with Crippen LogP contribution in [-0.4, -0.2) is 21.0 Å². The second kappa shape index (κ2) is 6.45. The number of hydrogen-bond donors (Lipinski definition) is 0. The molecule has 0 heterocycles. The normalized spacial score (nSPS) is 15.7. The summed E-state index contributed by atoms with van der Waals surface area (Å²) in [6, 6.07) is 4.07. The van der Waals surface area contributed by atoms with Crippen molar-refractivity contribution in [3.63, 3.8) is 0 Å². The molecule has 1 saturated carbocycles. The van der Waals surface area contributed by atoms with Crippen LogP contribution < -0.4 is 0 Å². The molecule has 2 rings (SSSR count). The van der Waals surface area contributed by atoms with Gasteiger partial charge in [0.25, 0.3) is 9.05 Å². The van der Waals surface area contributed by atoms with E-state index in [4.69, 9.17) is 15.4 Å². The Morgan fingerprint density at radius 3 is 2.60 bits per heavy atom. The van der Waals surface area contributed by atoms with Gasteiger partial charge >= 0.3 is 5.97 Å². The van der Waals surface area contributed by atoms with Crippen LogP contribution in [0.25, 0.3) is 0 Å². The third-order valence-corrected chi connectivity index (χ3v) is 5.16.